The van der Waals surface area contributed by atoms with Gasteiger partial charge in [0.15, 0.2) is 0 Å². The van der Waals surface area contributed by atoms with Crippen LogP contribution in [0.5, 0.6) is 0 Å². The lowest BCUT2D eigenvalue weighted by Gasteiger charge is -1.82. The first-order chi connectivity index (χ1) is 4.34. The second kappa shape index (κ2) is 2.86. The number of hydrogen-bond acceptors (Lipinski definition) is 3. The molecule has 0 aliphatic heterocycles. The summed E-state index contributed by atoms with van der Waals surface area (Å²) in [5.74, 6) is 0. The van der Waals surface area contributed by atoms with Crippen molar-refractivity contribution < 1.29 is 4.21 Å². The molecule has 1 aromatic heterocycles. The first-order valence-electron chi connectivity index (χ1n) is 2.15. The van der Waals surface area contributed by atoms with Crippen molar-refractivity contribution in [3.05, 3.63) is 16.6 Å². The highest BCUT2D eigenvalue weighted by Crippen LogP contribution is 2.02. The van der Waals surface area contributed by atoms with E-state index in [2.05, 4.69) is 4.98 Å². The Morgan fingerprint density at radius 1 is 1.89 bits per heavy atom. The molecule has 0 aliphatic carbocycles. The molecule has 0 aromatic carbocycles. The van der Waals surface area contributed by atoms with Gasteiger partial charge >= 0.3 is 0 Å². The number of hydrogen-bond donors (Lipinski definition) is 1. The first kappa shape index (κ1) is 6.60. The van der Waals surface area contributed by atoms with Gasteiger partial charge in [-0.2, -0.15) is 0 Å². The van der Waals surface area contributed by atoms with Crippen molar-refractivity contribution in [1.29, 1.82) is 0 Å². The number of nitrogens with two attached hydrogens (primary N) is 1. The Morgan fingerprint density at radius 3 is 3.11 bits per heavy atom. The molecule has 2 N–H and O–H groups in total. The quantitative estimate of drug-likeness (QED) is 0.578. The summed E-state index contributed by atoms with van der Waals surface area (Å²) in [5.41, 5.74) is 6.91. The number of rotatable bonds is 1. The van der Waals surface area contributed by atoms with E-state index in [9.17, 15) is 4.21 Å². The van der Waals surface area contributed by atoms with Crippen LogP contribution in [0.25, 0.3) is 0 Å². The number of thiazole rings is 1. The summed E-state index contributed by atoms with van der Waals surface area (Å²) in [6.45, 7) is 0. The van der Waals surface area contributed by atoms with E-state index >= 15 is 0 Å². The van der Waals surface area contributed by atoms with Gasteiger partial charge in [0.2, 0.25) is 0 Å². The van der Waals surface area contributed by atoms with Crippen molar-refractivity contribution in [1.82, 2.24) is 4.98 Å². The Bertz CT molecular complexity index is 237. The molecule has 0 unspecified atom stereocenters. The van der Waals surface area contributed by atoms with Crippen molar-refractivity contribution >= 4 is 27.6 Å². The molecule has 0 bridgehead atoms. The van der Waals surface area contributed by atoms with Gasteiger partial charge in [0.05, 0.1) is 10.4 Å². The maximum atomic E-state index is 10.1. The fourth-order valence-electron chi connectivity index (χ4n) is 0.379. The van der Waals surface area contributed by atoms with Crippen LogP contribution in [-0.4, -0.2) is 14.2 Å². The largest absolute Gasteiger partial charge is 0.290 e. The summed E-state index contributed by atoms with van der Waals surface area (Å²) < 4.78 is 10.1. The van der Waals surface area contributed by atoms with E-state index in [-0.39, 0.29) is 4.99 Å². The molecule has 0 fully saturated rings. The average Bonchev–Trinajstić information content (AvgIpc) is 2.37. The van der Waals surface area contributed by atoms with E-state index in [4.69, 9.17) is 5.73 Å². The highest BCUT2D eigenvalue weighted by molar-refractivity contribution is 7.67. The Hall–Kier alpha value is -0.520. The van der Waals surface area contributed by atoms with Crippen LogP contribution in [0.4, 0.5) is 0 Å². The van der Waals surface area contributed by atoms with Gasteiger partial charge in [-0.15, -0.1) is 11.3 Å². The van der Waals surface area contributed by atoms with Crippen molar-refractivity contribution in [3.8, 4) is 0 Å². The molecule has 0 saturated heterocycles. The van der Waals surface area contributed by atoms with E-state index < -0.39 is 0 Å². The maximum absolute atomic E-state index is 10.1. The normalized spacial score (nSPS) is 9.00. The number of nitrogens with zero attached hydrogens (tertiary/aromatic N) is 1. The van der Waals surface area contributed by atoms with Gasteiger partial charge < -0.3 is 0 Å². The molecule has 0 radical (unpaired) electrons. The summed E-state index contributed by atoms with van der Waals surface area (Å²) >= 11 is 1.66. The SMILES string of the molecule is NC(=S=O)c1cncs1. The lowest BCUT2D eigenvalue weighted by Crippen LogP contribution is -2.10. The first-order valence-corrected chi connectivity index (χ1v) is 3.78. The predicted octanol–water partition coefficient (Wildman–Crippen LogP) is -0.207. The minimum absolute atomic E-state index is 0.289. The topological polar surface area (TPSA) is 56.0 Å². The molecular formula is C4H4N2OS2. The van der Waals surface area contributed by atoms with Gasteiger partial charge in [-0.05, 0) is 0 Å². The summed E-state index contributed by atoms with van der Waals surface area (Å²) in [6, 6.07) is 0. The molecule has 0 aliphatic rings. The van der Waals surface area contributed by atoms with Crippen LogP contribution in [-0.2, 0) is 11.3 Å². The standard InChI is InChI=1S/C4H4N2OS2/c5-4(9-7)3-1-6-2-8-3/h1-2H,5H2. The molecule has 0 saturated carbocycles. The Kier molecular flexibility index (Phi) is 2.10. The third-order valence-corrected chi connectivity index (χ3v) is 2.10. The molecule has 48 valence electrons. The second-order valence-electron chi connectivity index (χ2n) is 1.31. The van der Waals surface area contributed by atoms with E-state index in [0.29, 0.717) is 11.3 Å². The van der Waals surface area contributed by atoms with Crippen LogP contribution in [0.2, 0.25) is 0 Å². The Morgan fingerprint density at radius 2 is 2.67 bits per heavy atom. The fourth-order valence-corrected chi connectivity index (χ4v) is 1.23. The minimum atomic E-state index is 0.289. The van der Waals surface area contributed by atoms with Crippen LogP contribution < -0.4 is 5.73 Å². The molecule has 1 rings (SSSR count). The van der Waals surface area contributed by atoms with E-state index in [1.807, 2.05) is 0 Å². The van der Waals surface area contributed by atoms with Gasteiger partial charge in [-0.1, -0.05) is 0 Å². The summed E-state index contributed by atoms with van der Waals surface area (Å²) in [6.07, 6.45) is 1.57. The molecule has 0 spiro atoms. The predicted molar refractivity (Wildman–Crippen MR) is 38.6 cm³/mol. The zero-order valence-electron chi connectivity index (χ0n) is 4.40. The third kappa shape index (κ3) is 1.44. The van der Waals surface area contributed by atoms with Crippen LogP contribution in [0.3, 0.4) is 0 Å². The van der Waals surface area contributed by atoms with Crippen molar-refractivity contribution in [3.63, 3.8) is 0 Å². The molecule has 0 atom stereocenters. The van der Waals surface area contributed by atoms with Gasteiger partial charge in [-0.3, -0.25) is 10.7 Å². The molecular weight excluding hydrogens is 156 g/mol. The Balaban J connectivity index is 3.03. The van der Waals surface area contributed by atoms with Crippen molar-refractivity contribution in [2.24, 2.45) is 5.73 Å². The Labute approximate surface area is 59.6 Å². The monoisotopic (exact) mass is 160 g/mol. The highest BCUT2D eigenvalue weighted by atomic mass is 32.1. The van der Waals surface area contributed by atoms with Gasteiger partial charge in [0.25, 0.3) is 0 Å². The molecule has 5 heteroatoms. The van der Waals surface area contributed by atoms with Crippen LogP contribution in [0, 0.1) is 0 Å². The van der Waals surface area contributed by atoms with E-state index in [1.165, 1.54) is 11.3 Å². The zero-order chi connectivity index (χ0) is 6.69. The molecule has 3 nitrogen and oxygen atoms in total. The van der Waals surface area contributed by atoms with Gasteiger partial charge in [-0.25, -0.2) is 4.21 Å². The second-order valence-corrected chi connectivity index (χ2v) is 2.81. The zero-order valence-corrected chi connectivity index (χ0v) is 6.04. The maximum Gasteiger partial charge on any atom is 0.126 e. The summed E-state index contributed by atoms with van der Waals surface area (Å²) in [4.78, 5) is 4.79. The molecule has 0 amide bonds. The van der Waals surface area contributed by atoms with Crippen LogP contribution >= 0.6 is 11.3 Å². The third-order valence-electron chi connectivity index (χ3n) is 0.765. The lowest BCUT2D eigenvalue weighted by atomic mass is 10.6. The van der Waals surface area contributed by atoms with Crippen molar-refractivity contribution in [2.45, 2.75) is 0 Å². The average molecular weight is 160 g/mol. The highest BCUT2D eigenvalue weighted by Gasteiger charge is 1.95. The molecule has 9 heavy (non-hydrogen) atoms. The van der Waals surface area contributed by atoms with E-state index in [0.717, 1.165) is 4.88 Å². The minimum Gasteiger partial charge on any atom is -0.290 e. The van der Waals surface area contributed by atoms with Gasteiger partial charge in [0, 0.05) is 6.20 Å². The lowest BCUT2D eigenvalue weighted by molar-refractivity contribution is 0.701. The number of aromatic nitrogens is 1. The van der Waals surface area contributed by atoms with Gasteiger partial charge in [0.1, 0.15) is 16.2 Å². The summed E-state index contributed by atoms with van der Waals surface area (Å²) in [7, 11) is 0. The summed E-state index contributed by atoms with van der Waals surface area (Å²) in [5, 5.41) is 0. The van der Waals surface area contributed by atoms with Crippen LogP contribution in [0.1, 0.15) is 4.88 Å². The fraction of sp³-hybridized carbons (Fsp3) is 0. The van der Waals surface area contributed by atoms with Crippen LogP contribution in [0.15, 0.2) is 11.7 Å². The van der Waals surface area contributed by atoms with Crippen molar-refractivity contribution in [2.75, 3.05) is 0 Å². The smallest absolute Gasteiger partial charge is 0.126 e. The molecule has 1 aromatic rings. The molecule has 1 heterocycles. The van der Waals surface area contributed by atoms with E-state index in [1.54, 1.807) is 11.7 Å².